The van der Waals surface area contributed by atoms with Gasteiger partial charge in [-0.1, -0.05) is 174 Å². The molecule has 144 heavy (non-hydrogen) atoms. The summed E-state index contributed by atoms with van der Waals surface area (Å²) < 4.78 is 38.9. The number of nitrogens with zero attached hydrogens (tertiary/aromatic N) is 19. The second-order valence-corrected chi connectivity index (χ2v) is 34.2. The predicted octanol–water partition coefficient (Wildman–Crippen LogP) is 17.7. The van der Waals surface area contributed by atoms with Crippen molar-refractivity contribution in [2.24, 2.45) is 28.2 Å². The zero-order chi connectivity index (χ0) is 102. The third kappa shape index (κ3) is 26.3. The van der Waals surface area contributed by atoms with Gasteiger partial charge in [0.1, 0.15) is 35.8 Å². The van der Waals surface area contributed by atoms with Gasteiger partial charge in [0.2, 0.25) is 37.3 Å². The first kappa shape index (κ1) is 99.3. The summed E-state index contributed by atoms with van der Waals surface area (Å²) in [6.45, 7) is 1.80. The molecule has 6 aromatic carbocycles. The molecule has 39 heteroatoms. The van der Waals surface area contributed by atoms with E-state index in [2.05, 4.69) is 79.3 Å². The maximum atomic E-state index is 13.8. The molecule has 0 saturated carbocycles. The van der Waals surface area contributed by atoms with Gasteiger partial charge in [-0.3, -0.25) is 53.7 Å². The van der Waals surface area contributed by atoms with Gasteiger partial charge in [-0.15, -0.1) is 0 Å². The molecule has 15 heterocycles. The summed E-state index contributed by atoms with van der Waals surface area (Å²) in [7, 11) is 9.63. The Balaban J connectivity index is 0.000000136. The Morgan fingerprint density at radius 1 is 0.417 bits per heavy atom. The second-order valence-electron chi connectivity index (χ2n) is 32.2. The highest BCUT2D eigenvalue weighted by Crippen LogP contribution is 2.34. The molecule has 5 N–H and O–H groups in total. The minimum atomic E-state index is -0.941. The van der Waals surface area contributed by atoms with Crippen LogP contribution in [0.4, 0.5) is 0 Å². The number of hydrogen-bond acceptors (Lipinski definition) is 24. The third-order valence-electron chi connectivity index (χ3n) is 22.1. The second kappa shape index (κ2) is 49.7. The molecular formula is C105H89B2Cl3N22O10S2. The zero-order valence-corrected chi connectivity index (χ0v) is 81.2. The van der Waals surface area contributed by atoms with Crippen molar-refractivity contribution in [2.45, 2.75) is 44.1 Å². The van der Waals surface area contributed by atoms with E-state index in [4.69, 9.17) is 45.8 Å². The molecule has 2 radical (unpaired) electrons. The van der Waals surface area contributed by atoms with E-state index >= 15 is 0 Å². The molecule has 21 rings (SSSR count). The van der Waals surface area contributed by atoms with E-state index in [0.29, 0.717) is 103 Å². The van der Waals surface area contributed by atoms with Gasteiger partial charge in [0.05, 0.1) is 89.1 Å². The molecule has 0 saturated heterocycles. The van der Waals surface area contributed by atoms with Crippen LogP contribution in [0.3, 0.4) is 0 Å². The van der Waals surface area contributed by atoms with Crippen LogP contribution >= 0.6 is 58.6 Å². The van der Waals surface area contributed by atoms with Crippen molar-refractivity contribution in [3.8, 4) is 0 Å². The van der Waals surface area contributed by atoms with Crippen LogP contribution in [0.2, 0.25) is 15.1 Å². The summed E-state index contributed by atoms with van der Waals surface area (Å²) in [5, 5.41) is 25.0. The largest absolute Gasteiger partial charge is 0.382 e. The number of benzene rings is 6. The number of pyridine rings is 5. The maximum Gasteiger partial charge on any atom is 0.230 e. The number of H-pyrrole nitrogens is 3. The molecule has 0 amide bonds. The SMILES string of the molecule is Cn1cnc(C(O)c2cccnc2)c1.Cn1cnc(C=O)c1.O=C(c1cccnc1)c1cnc(C(=O)c2cn(Cc3ccc(Cl)cc3)c3ccccc23)[nH]1.O=C(c1ncc(C(O)c2cccnc2)[nH]1)c1cn(Cc2ccc(Cl)cc2)c2ccccc12.O=Cc1cnc[nH]1.[3H][B]SOC(c1cccnc1)c1cn(C)c(C(=O)c2cn(Cc3ccc(Cl)cc3)c3ccccc23)n1.[3H][B]SOC(c1cccnc1)c1cn(C)cn1. The lowest BCUT2D eigenvalue weighted by atomic mass is 10.1. The normalized spacial score (nSPS) is 11.8. The number of aldehydes is 2. The molecule has 4 atom stereocenters. The van der Waals surface area contributed by atoms with Gasteiger partial charge in [0, 0.05) is 229 Å². The fraction of sp³-hybridized carbons (Fsp3) is 0.105. The molecule has 0 spiro atoms. The highest BCUT2D eigenvalue weighted by Gasteiger charge is 2.29. The van der Waals surface area contributed by atoms with Gasteiger partial charge in [0.25, 0.3) is 0 Å². The Hall–Kier alpha value is -16.3. The van der Waals surface area contributed by atoms with Gasteiger partial charge in [-0.05, 0) is 110 Å². The minimum absolute atomic E-state index is 0.117. The number of hydrogen-bond donors (Lipinski definition) is 5. The lowest BCUT2D eigenvalue weighted by Gasteiger charge is -2.13. The summed E-state index contributed by atoms with van der Waals surface area (Å²) in [5.41, 5.74) is 14.9. The molecule has 0 aliphatic heterocycles. The molecule has 0 fully saturated rings. The number of rotatable bonds is 30. The van der Waals surface area contributed by atoms with E-state index in [1.54, 1.807) is 144 Å². The molecular weight excluding hydrogens is 1920 g/mol. The van der Waals surface area contributed by atoms with Crippen LogP contribution in [0.25, 0.3) is 32.7 Å². The Labute approximate surface area is 853 Å². The molecule has 15 aromatic heterocycles. The number of carbonyl (C=O) groups excluding carboxylic acids is 6. The van der Waals surface area contributed by atoms with Crippen molar-refractivity contribution < 1.29 is 47.3 Å². The number of carbonyl (C=O) groups is 6. The first-order valence-electron chi connectivity index (χ1n) is 45.3. The first-order chi connectivity index (χ1) is 71.1. The number of halogens is 3. The summed E-state index contributed by atoms with van der Waals surface area (Å²) in [6.07, 6.45) is 38.8. The summed E-state index contributed by atoms with van der Waals surface area (Å²) in [6, 6.07) is 64.2. The lowest BCUT2D eigenvalue weighted by Crippen LogP contribution is -2.09. The standard InChI is InChI=1S/C26H21BClN4O2S.C25H19ClN4O2.C25H17ClN4O2.C10H11BN3OS.C10H11N3O.C5H6N2O.C4H4N2O/c1-31-16-22(25(34-35-27)18-5-4-12-29-13-18)30-26(31)24(33)21-15-32(23-7-3-2-6-20(21)23)14-17-8-10-19(28)11-9-17;2*26-18-9-7-16(8-10-18)14-30-15-20(19-5-1-2-6-22(19)30)24(32)25-28-13-21(29-25)23(31)17-4-3-11-27-12-17;1-14-6-9(13-7-14)10(15-16-11)8-3-2-4-12-5-8;1-13-6-9(12-7-13)10(14)8-3-2-4-11-5-8;1-7-2-5(3-8)6-4-7;7-2-4-1-5-3-6-4/h2-13,15-16,25,27H,14H2,1H3;1-13,15,23,31H,14H2,(H,28,29);1-13,15H,14H2,(H,28,29);2-7,10-11H,1H3;2-7,10,14H,1H3;2-4H,1H3;1-3H,(H,5,6)/i27T;;;11T;;;. The highest BCUT2D eigenvalue weighted by molar-refractivity contribution is 8.16. The Bertz CT molecular complexity index is 7890. The van der Waals surface area contributed by atoms with Crippen LogP contribution in [0.15, 0.2) is 356 Å². The molecule has 0 bridgehead atoms. The molecule has 0 aliphatic rings. The number of aromatic amines is 3. The van der Waals surface area contributed by atoms with E-state index in [1.165, 1.54) is 31.1 Å². The number of fused-ring (bicyclic) bond motifs is 3. The third-order valence-corrected chi connectivity index (χ3v) is 23.5. The van der Waals surface area contributed by atoms with Crippen molar-refractivity contribution in [3.63, 3.8) is 0 Å². The number of imidazole rings is 7. The summed E-state index contributed by atoms with van der Waals surface area (Å²) in [4.78, 5) is 130. The number of ketones is 4. The number of nitrogens with one attached hydrogen (secondary N) is 3. The number of aromatic nitrogens is 22. The average molecular weight is 2020 g/mol. The lowest BCUT2D eigenvalue weighted by molar-refractivity contribution is 0.101. The Morgan fingerprint density at radius 2 is 0.840 bits per heavy atom. The van der Waals surface area contributed by atoms with Crippen molar-refractivity contribution in [1.82, 2.24) is 107 Å². The van der Waals surface area contributed by atoms with Crippen molar-refractivity contribution in [2.75, 3.05) is 0 Å². The van der Waals surface area contributed by atoms with E-state index in [0.717, 1.165) is 116 Å². The van der Waals surface area contributed by atoms with E-state index in [1.807, 2.05) is 236 Å². The van der Waals surface area contributed by atoms with Gasteiger partial charge < -0.3 is 65.5 Å². The van der Waals surface area contributed by atoms with E-state index in [-0.39, 0.29) is 46.6 Å². The monoisotopic (exact) mass is 2010 g/mol. The minimum Gasteiger partial charge on any atom is -0.382 e. The van der Waals surface area contributed by atoms with Gasteiger partial charge in [0.15, 0.2) is 30.0 Å². The number of aliphatic hydroxyl groups is 2. The Morgan fingerprint density at radius 3 is 1.24 bits per heavy atom. The fourth-order valence-corrected chi connectivity index (χ4v) is 16.2. The first-order valence-corrected chi connectivity index (χ1v) is 46.8. The van der Waals surface area contributed by atoms with Crippen LogP contribution < -0.4 is 0 Å². The summed E-state index contributed by atoms with van der Waals surface area (Å²) >= 11 is 19.9. The van der Waals surface area contributed by atoms with Crippen molar-refractivity contribution >= 4 is 141 Å². The van der Waals surface area contributed by atoms with Crippen molar-refractivity contribution in [3.05, 3.63) is 489 Å². The fourth-order valence-electron chi connectivity index (χ4n) is 15.1. The topological polar surface area (TPSA) is 398 Å². The van der Waals surface area contributed by atoms with Crippen LogP contribution in [0.5, 0.6) is 0 Å². The van der Waals surface area contributed by atoms with Crippen LogP contribution in [0.1, 0.15) is 172 Å². The molecule has 0 aliphatic carbocycles. The maximum absolute atomic E-state index is 13.8. The number of aryl methyl sites for hydroxylation is 4. The van der Waals surface area contributed by atoms with Gasteiger partial charge in [-0.25, -0.2) is 34.9 Å². The summed E-state index contributed by atoms with van der Waals surface area (Å²) in [5.74, 6) is -0.364. The Kier molecular flexibility index (Phi) is 34.3. The molecule has 718 valence electrons. The predicted molar refractivity (Wildman–Crippen MR) is 555 cm³/mol. The zero-order valence-electron chi connectivity index (χ0n) is 79.3. The van der Waals surface area contributed by atoms with Crippen LogP contribution in [-0.2, 0) is 56.2 Å². The average Bonchev–Trinajstić information content (AvgIpc) is 1.63. The molecule has 21 aromatic rings. The highest BCUT2D eigenvalue weighted by atomic mass is 35.5. The quantitative estimate of drug-likeness (QED) is 0.0121. The molecule has 32 nitrogen and oxygen atoms in total. The van der Waals surface area contributed by atoms with Crippen molar-refractivity contribution in [1.29, 1.82) is 2.67 Å². The smallest absolute Gasteiger partial charge is 0.230 e. The van der Waals surface area contributed by atoms with Gasteiger partial charge >= 0.3 is 0 Å². The van der Waals surface area contributed by atoms with E-state index < -0.39 is 18.3 Å². The number of aliphatic hydroxyl groups excluding tert-OH is 2. The van der Waals surface area contributed by atoms with Gasteiger partial charge in [-0.2, -0.15) is 0 Å². The number of para-hydroxylation sites is 3. The van der Waals surface area contributed by atoms with Crippen LogP contribution in [0, 0.1) is 0 Å². The van der Waals surface area contributed by atoms with Crippen LogP contribution in [-0.4, -0.2) is 169 Å². The van der Waals surface area contributed by atoms with E-state index in [9.17, 15) is 39.0 Å². The molecule has 4 unspecified atom stereocenters.